The van der Waals surface area contributed by atoms with Crippen LogP contribution in [0.25, 0.3) is 0 Å². The molecule has 0 atom stereocenters. The maximum absolute atomic E-state index is 12.2. The highest BCUT2D eigenvalue weighted by molar-refractivity contribution is 6.07. The van der Waals surface area contributed by atoms with Crippen LogP contribution in [-0.4, -0.2) is 16.6 Å². The van der Waals surface area contributed by atoms with Gasteiger partial charge in [0.15, 0.2) is 5.78 Å². The van der Waals surface area contributed by atoms with E-state index in [9.17, 15) is 19.7 Å². The minimum Gasteiger partial charge on any atom is -0.360 e. The van der Waals surface area contributed by atoms with Gasteiger partial charge in [0.05, 0.1) is 4.92 Å². The number of ketones is 1. The summed E-state index contributed by atoms with van der Waals surface area (Å²) in [5.74, 6) is -0.858. The summed E-state index contributed by atoms with van der Waals surface area (Å²) in [6, 6.07) is 13.8. The van der Waals surface area contributed by atoms with Crippen molar-refractivity contribution in [1.82, 2.24) is 0 Å². The smallest absolute Gasteiger partial charge is 0.292 e. The number of nitro groups is 1. The van der Waals surface area contributed by atoms with Crippen LogP contribution < -0.4 is 10.6 Å². The van der Waals surface area contributed by atoms with Crippen molar-refractivity contribution in [3.05, 3.63) is 76.0 Å². The third-order valence-corrected chi connectivity index (χ3v) is 3.39. The first-order valence-electron chi connectivity index (χ1n) is 7.45. The highest BCUT2D eigenvalue weighted by atomic mass is 16.6. The Hall–Kier alpha value is -3.99. The van der Waals surface area contributed by atoms with Crippen LogP contribution in [0.5, 0.6) is 0 Å². The van der Waals surface area contributed by atoms with Gasteiger partial charge in [-0.15, -0.1) is 0 Å². The standard InChI is InChI=1S/C18H14N4O4/c1-12(23)13-6-8-15(9-7-13)20-11-14(10-19)18(24)21-16-4-2-3-5-17(16)22(25)26/h2-9,11,20H,1H3,(H,21,24)/b14-11-. The van der Waals surface area contributed by atoms with E-state index in [1.54, 1.807) is 30.3 Å². The second-order valence-corrected chi connectivity index (χ2v) is 5.18. The van der Waals surface area contributed by atoms with Gasteiger partial charge in [-0.25, -0.2) is 0 Å². The topological polar surface area (TPSA) is 125 Å². The molecule has 0 aliphatic carbocycles. The molecule has 0 unspecified atom stereocenters. The average Bonchev–Trinajstić information content (AvgIpc) is 2.63. The van der Waals surface area contributed by atoms with Crippen molar-refractivity contribution in [1.29, 1.82) is 5.26 Å². The van der Waals surface area contributed by atoms with E-state index in [-0.39, 0.29) is 22.7 Å². The minimum atomic E-state index is -0.783. The fourth-order valence-electron chi connectivity index (χ4n) is 2.03. The lowest BCUT2D eigenvalue weighted by molar-refractivity contribution is -0.383. The van der Waals surface area contributed by atoms with Crippen molar-refractivity contribution in [3.8, 4) is 6.07 Å². The van der Waals surface area contributed by atoms with E-state index in [1.807, 2.05) is 0 Å². The number of hydrogen-bond acceptors (Lipinski definition) is 6. The summed E-state index contributed by atoms with van der Waals surface area (Å²) >= 11 is 0. The zero-order valence-electron chi connectivity index (χ0n) is 13.7. The summed E-state index contributed by atoms with van der Waals surface area (Å²) in [6.07, 6.45) is 1.19. The highest BCUT2D eigenvalue weighted by Crippen LogP contribution is 2.23. The lowest BCUT2D eigenvalue weighted by Crippen LogP contribution is -2.15. The molecule has 26 heavy (non-hydrogen) atoms. The number of Topliss-reactive ketones (excluding diaryl/α,β-unsaturated/α-hetero) is 1. The van der Waals surface area contributed by atoms with E-state index in [2.05, 4.69) is 10.6 Å². The molecule has 0 saturated carbocycles. The predicted octanol–water partition coefficient (Wildman–Crippen LogP) is 3.26. The lowest BCUT2D eigenvalue weighted by Gasteiger charge is -2.06. The van der Waals surface area contributed by atoms with E-state index < -0.39 is 10.8 Å². The minimum absolute atomic E-state index is 0.00513. The van der Waals surface area contributed by atoms with Crippen LogP contribution >= 0.6 is 0 Å². The molecule has 2 N–H and O–H groups in total. The summed E-state index contributed by atoms with van der Waals surface area (Å²) < 4.78 is 0. The number of nitriles is 1. The summed E-state index contributed by atoms with van der Waals surface area (Å²) in [7, 11) is 0. The number of hydrogen-bond donors (Lipinski definition) is 2. The molecule has 0 radical (unpaired) electrons. The van der Waals surface area contributed by atoms with E-state index in [0.717, 1.165) is 0 Å². The number of anilines is 2. The Morgan fingerprint density at radius 3 is 2.38 bits per heavy atom. The van der Waals surface area contributed by atoms with Crippen molar-refractivity contribution < 1.29 is 14.5 Å². The molecule has 0 aromatic heterocycles. The van der Waals surface area contributed by atoms with Gasteiger partial charge in [-0.2, -0.15) is 5.26 Å². The maximum atomic E-state index is 12.2. The van der Waals surface area contributed by atoms with Gasteiger partial charge in [-0.05, 0) is 37.3 Å². The number of amides is 1. The molecule has 0 saturated heterocycles. The average molecular weight is 350 g/mol. The second-order valence-electron chi connectivity index (χ2n) is 5.18. The Balaban J connectivity index is 2.14. The van der Waals surface area contributed by atoms with Crippen molar-refractivity contribution in [3.63, 3.8) is 0 Å². The molecular formula is C18H14N4O4. The van der Waals surface area contributed by atoms with Gasteiger partial charge in [0.2, 0.25) is 0 Å². The zero-order valence-corrected chi connectivity index (χ0v) is 13.7. The fraction of sp³-hybridized carbons (Fsp3) is 0.0556. The molecule has 0 fully saturated rings. The lowest BCUT2D eigenvalue weighted by atomic mass is 10.1. The summed E-state index contributed by atoms with van der Waals surface area (Å²) in [6.45, 7) is 1.45. The predicted molar refractivity (Wildman–Crippen MR) is 95.5 cm³/mol. The number of carbonyl (C=O) groups excluding carboxylic acids is 2. The Bertz CT molecular complexity index is 927. The third-order valence-electron chi connectivity index (χ3n) is 3.39. The van der Waals surface area contributed by atoms with Gasteiger partial charge in [0, 0.05) is 23.5 Å². The van der Waals surface area contributed by atoms with Gasteiger partial charge in [0.1, 0.15) is 17.3 Å². The molecule has 0 bridgehead atoms. The molecule has 0 heterocycles. The second kappa shape index (κ2) is 8.21. The molecular weight excluding hydrogens is 336 g/mol. The molecule has 0 aliphatic heterocycles. The molecule has 1 amide bonds. The SMILES string of the molecule is CC(=O)c1ccc(N/C=C(/C#N)C(=O)Nc2ccccc2[N+](=O)[O-])cc1. The molecule has 2 rings (SSSR count). The van der Waals surface area contributed by atoms with E-state index in [1.165, 1.54) is 37.4 Å². The van der Waals surface area contributed by atoms with Gasteiger partial charge in [0.25, 0.3) is 11.6 Å². The Kier molecular flexibility index (Phi) is 5.79. The molecule has 130 valence electrons. The van der Waals surface area contributed by atoms with Crippen molar-refractivity contribution in [2.75, 3.05) is 10.6 Å². The number of nitrogens with zero attached hydrogens (tertiary/aromatic N) is 2. The number of benzene rings is 2. The van der Waals surface area contributed by atoms with E-state index in [0.29, 0.717) is 11.3 Å². The highest BCUT2D eigenvalue weighted by Gasteiger charge is 2.17. The first-order valence-corrected chi connectivity index (χ1v) is 7.45. The van der Waals surface area contributed by atoms with Crippen LogP contribution in [0, 0.1) is 21.4 Å². The number of carbonyl (C=O) groups is 2. The van der Waals surface area contributed by atoms with Crippen LogP contribution in [0.4, 0.5) is 17.1 Å². The third kappa shape index (κ3) is 4.52. The van der Waals surface area contributed by atoms with Crippen molar-refractivity contribution in [2.45, 2.75) is 6.92 Å². The monoisotopic (exact) mass is 350 g/mol. The fourth-order valence-corrected chi connectivity index (χ4v) is 2.03. The van der Waals surface area contributed by atoms with Crippen LogP contribution in [0.3, 0.4) is 0 Å². The number of rotatable bonds is 6. The van der Waals surface area contributed by atoms with Gasteiger partial charge in [-0.3, -0.25) is 19.7 Å². The number of para-hydroxylation sites is 2. The summed E-state index contributed by atoms with van der Waals surface area (Å²) in [5, 5.41) is 25.2. The quantitative estimate of drug-likeness (QED) is 0.271. The van der Waals surface area contributed by atoms with Gasteiger partial charge < -0.3 is 10.6 Å². The first kappa shape index (κ1) is 18.4. The largest absolute Gasteiger partial charge is 0.360 e. The summed E-state index contributed by atoms with van der Waals surface area (Å²) in [5.41, 5.74) is 0.564. The summed E-state index contributed by atoms with van der Waals surface area (Å²) in [4.78, 5) is 33.7. The van der Waals surface area contributed by atoms with E-state index in [4.69, 9.17) is 5.26 Å². The number of nitro benzene ring substituents is 1. The van der Waals surface area contributed by atoms with Gasteiger partial charge >= 0.3 is 0 Å². The van der Waals surface area contributed by atoms with Crippen LogP contribution in [-0.2, 0) is 4.79 Å². The maximum Gasteiger partial charge on any atom is 0.292 e. The molecule has 8 nitrogen and oxygen atoms in total. The number of nitrogens with one attached hydrogen (secondary N) is 2. The first-order chi connectivity index (χ1) is 12.4. The van der Waals surface area contributed by atoms with E-state index >= 15 is 0 Å². The van der Waals surface area contributed by atoms with Crippen LogP contribution in [0.15, 0.2) is 60.3 Å². The van der Waals surface area contributed by atoms with Crippen LogP contribution in [0.2, 0.25) is 0 Å². The Morgan fingerprint density at radius 2 is 1.81 bits per heavy atom. The Labute approximate surface area is 148 Å². The van der Waals surface area contributed by atoms with Crippen molar-refractivity contribution in [2.24, 2.45) is 0 Å². The Morgan fingerprint density at radius 1 is 1.15 bits per heavy atom. The van der Waals surface area contributed by atoms with Gasteiger partial charge in [-0.1, -0.05) is 12.1 Å². The molecule has 8 heteroatoms. The van der Waals surface area contributed by atoms with Crippen LogP contribution in [0.1, 0.15) is 17.3 Å². The molecule has 0 spiro atoms. The molecule has 0 aliphatic rings. The zero-order chi connectivity index (χ0) is 19.1. The molecule has 2 aromatic carbocycles. The normalized spacial score (nSPS) is 10.5. The molecule has 2 aromatic rings. The van der Waals surface area contributed by atoms with Crippen molar-refractivity contribution >= 4 is 28.8 Å².